The lowest BCUT2D eigenvalue weighted by molar-refractivity contribution is -0.137. The predicted octanol–water partition coefficient (Wildman–Crippen LogP) is 2.73. The van der Waals surface area contributed by atoms with Crippen LogP contribution in [0, 0.1) is 6.92 Å². The molecule has 0 fully saturated rings. The van der Waals surface area contributed by atoms with Gasteiger partial charge >= 0.3 is 5.97 Å². The van der Waals surface area contributed by atoms with E-state index in [4.69, 9.17) is 5.11 Å². The lowest BCUT2D eigenvalue weighted by Crippen LogP contribution is -2.04. The molecule has 0 amide bonds. The van der Waals surface area contributed by atoms with Crippen LogP contribution in [0.25, 0.3) is 0 Å². The summed E-state index contributed by atoms with van der Waals surface area (Å²) in [6.45, 7) is 3.83. The Morgan fingerprint density at radius 1 is 1.71 bits per heavy atom. The van der Waals surface area contributed by atoms with E-state index in [1.165, 1.54) is 0 Å². The Morgan fingerprint density at radius 3 is 2.86 bits per heavy atom. The predicted molar refractivity (Wildman–Crippen MR) is 57.3 cm³/mol. The van der Waals surface area contributed by atoms with Gasteiger partial charge in [-0.15, -0.1) is 0 Å². The number of halogens is 1. The van der Waals surface area contributed by atoms with Gasteiger partial charge in [0.05, 0.1) is 6.42 Å². The van der Waals surface area contributed by atoms with Crippen LogP contribution < -0.4 is 0 Å². The molecule has 0 aromatic carbocycles. The van der Waals surface area contributed by atoms with E-state index in [1.807, 2.05) is 19.9 Å². The fourth-order valence-corrected chi connectivity index (χ4v) is 1.41. The fraction of sp³-hybridized carbons (Fsp3) is 0.400. The minimum absolute atomic E-state index is 0.0423. The van der Waals surface area contributed by atoms with Crippen molar-refractivity contribution < 1.29 is 9.90 Å². The van der Waals surface area contributed by atoms with E-state index in [9.17, 15) is 4.79 Å². The van der Waals surface area contributed by atoms with Gasteiger partial charge in [0.25, 0.3) is 0 Å². The maximum Gasteiger partial charge on any atom is 0.304 e. The lowest BCUT2D eigenvalue weighted by Gasteiger charge is -2.09. The Morgan fingerprint density at radius 2 is 2.36 bits per heavy atom. The summed E-state index contributed by atoms with van der Waals surface area (Å²) in [7, 11) is 0. The van der Waals surface area contributed by atoms with Crippen molar-refractivity contribution in [3.05, 3.63) is 28.0 Å². The molecule has 14 heavy (non-hydrogen) atoms. The van der Waals surface area contributed by atoms with E-state index in [0.717, 1.165) is 15.7 Å². The van der Waals surface area contributed by atoms with Gasteiger partial charge in [0.2, 0.25) is 0 Å². The minimum Gasteiger partial charge on any atom is -0.481 e. The molecule has 0 aliphatic heterocycles. The Bertz CT molecular complexity index is 352. The smallest absolute Gasteiger partial charge is 0.304 e. The summed E-state index contributed by atoms with van der Waals surface area (Å²) in [5.41, 5.74) is 1.90. The lowest BCUT2D eigenvalue weighted by atomic mass is 10.0. The van der Waals surface area contributed by atoms with Gasteiger partial charge in [0.15, 0.2) is 0 Å². The third kappa shape index (κ3) is 2.80. The van der Waals surface area contributed by atoms with Crippen molar-refractivity contribution in [2.45, 2.75) is 26.2 Å². The van der Waals surface area contributed by atoms with Crippen LogP contribution >= 0.6 is 15.9 Å². The van der Waals surface area contributed by atoms with Crippen molar-refractivity contribution in [1.82, 2.24) is 4.98 Å². The van der Waals surface area contributed by atoms with Gasteiger partial charge in [-0.1, -0.05) is 6.92 Å². The second-order valence-corrected chi connectivity index (χ2v) is 4.21. The summed E-state index contributed by atoms with van der Waals surface area (Å²) in [6.07, 6.45) is 1.83. The summed E-state index contributed by atoms with van der Waals surface area (Å²) in [5.74, 6) is -0.834. The molecule has 0 radical (unpaired) electrons. The molecule has 4 heteroatoms. The zero-order valence-corrected chi connectivity index (χ0v) is 9.71. The number of hydrogen-bond acceptors (Lipinski definition) is 2. The molecule has 1 aromatic heterocycles. The molecule has 0 aliphatic rings. The standard InChI is InChI=1S/C10H12BrNO2/c1-6-3-9(12-5-8(6)11)7(2)4-10(13)14/h3,5,7H,4H2,1-2H3,(H,13,14). The average molecular weight is 258 g/mol. The normalized spacial score (nSPS) is 12.5. The summed E-state index contributed by atoms with van der Waals surface area (Å²) in [5, 5.41) is 8.63. The van der Waals surface area contributed by atoms with Crippen LogP contribution in [-0.4, -0.2) is 16.1 Å². The highest BCUT2D eigenvalue weighted by Crippen LogP contribution is 2.21. The second kappa shape index (κ2) is 4.55. The Kier molecular flexibility index (Phi) is 3.63. The highest BCUT2D eigenvalue weighted by molar-refractivity contribution is 9.10. The third-order valence-electron chi connectivity index (χ3n) is 2.05. The van der Waals surface area contributed by atoms with Gasteiger partial charge < -0.3 is 5.11 Å². The van der Waals surface area contributed by atoms with Crippen LogP contribution in [0.5, 0.6) is 0 Å². The Balaban J connectivity index is 2.85. The number of pyridine rings is 1. The number of carbonyl (C=O) groups is 1. The molecule has 3 nitrogen and oxygen atoms in total. The summed E-state index contributed by atoms with van der Waals surface area (Å²) >= 11 is 3.35. The Labute approximate surface area is 91.3 Å². The molecule has 1 aromatic rings. The first-order chi connectivity index (χ1) is 6.50. The first-order valence-corrected chi connectivity index (χ1v) is 5.14. The van der Waals surface area contributed by atoms with Gasteiger partial charge in [-0.3, -0.25) is 9.78 Å². The van der Waals surface area contributed by atoms with E-state index < -0.39 is 5.97 Å². The van der Waals surface area contributed by atoms with Crippen molar-refractivity contribution in [1.29, 1.82) is 0 Å². The molecule has 0 saturated heterocycles. The molecule has 76 valence electrons. The molecule has 1 unspecified atom stereocenters. The maximum atomic E-state index is 10.5. The molecule has 0 bridgehead atoms. The minimum atomic E-state index is -0.792. The van der Waals surface area contributed by atoms with Gasteiger partial charge in [-0.05, 0) is 34.5 Å². The van der Waals surface area contributed by atoms with Crippen molar-refractivity contribution in [2.24, 2.45) is 0 Å². The number of rotatable bonds is 3. The molecular weight excluding hydrogens is 246 g/mol. The number of aliphatic carboxylic acids is 1. The van der Waals surface area contributed by atoms with Crippen molar-refractivity contribution >= 4 is 21.9 Å². The second-order valence-electron chi connectivity index (χ2n) is 3.36. The highest BCUT2D eigenvalue weighted by atomic mass is 79.9. The van der Waals surface area contributed by atoms with E-state index in [0.29, 0.717) is 0 Å². The summed E-state index contributed by atoms with van der Waals surface area (Å²) in [4.78, 5) is 14.7. The molecule has 1 atom stereocenters. The van der Waals surface area contributed by atoms with Crippen LogP contribution in [0.2, 0.25) is 0 Å². The highest BCUT2D eigenvalue weighted by Gasteiger charge is 2.11. The third-order valence-corrected chi connectivity index (χ3v) is 2.88. The van der Waals surface area contributed by atoms with Gasteiger partial charge in [-0.2, -0.15) is 0 Å². The number of hydrogen-bond donors (Lipinski definition) is 1. The first kappa shape index (κ1) is 11.2. The van der Waals surface area contributed by atoms with Crippen LogP contribution in [0.3, 0.4) is 0 Å². The van der Waals surface area contributed by atoms with Gasteiger partial charge in [0, 0.05) is 22.3 Å². The SMILES string of the molecule is Cc1cc(C(C)CC(=O)O)ncc1Br. The number of carboxylic acid groups (broad SMARTS) is 1. The molecule has 0 aliphatic carbocycles. The fourth-order valence-electron chi connectivity index (χ4n) is 1.20. The summed E-state index contributed by atoms with van der Waals surface area (Å²) in [6, 6.07) is 1.91. The molecular formula is C10H12BrNO2. The quantitative estimate of drug-likeness (QED) is 0.906. The topological polar surface area (TPSA) is 50.2 Å². The zero-order valence-electron chi connectivity index (χ0n) is 8.12. The van der Waals surface area contributed by atoms with Crippen molar-refractivity contribution in [3.8, 4) is 0 Å². The van der Waals surface area contributed by atoms with E-state index in [-0.39, 0.29) is 12.3 Å². The Hall–Kier alpha value is -0.900. The van der Waals surface area contributed by atoms with Crippen LogP contribution in [0.15, 0.2) is 16.7 Å². The van der Waals surface area contributed by atoms with Crippen molar-refractivity contribution in [2.75, 3.05) is 0 Å². The molecule has 0 saturated carbocycles. The number of carboxylic acids is 1. The first-order valence-electron chi connectivity index (χ1n) is 4.34. The number of aromatic nitrogens is 1. The molecule has 1 rings (SSSR count). The molecule has 0 spiro atoms. The van der Waals surface area contributed by atoms with Crippen LogP contribution in [0.1, 0.15) is 30.5 Å². The maximum absolute atomic E-state index is 10.5. The average Bonchev–Trinajstić information content (AvgIpc) is 2.08. The van der Waals surface area contributed by atoms with Crippen molar-refractivity contribution in [3.63, 3.8) is 0 Å². The van der Waals surface area contributed by atoms with E-state index in [1.54, 1.807) is 6.20 Å². The van der Waals surface area contributed by atoms with Gasteiger partial charge in [0.1, 0.15) is 0 Å². The van der Waals surface area contributed by atoms with Crippen LogP contribution in [0.4, 0.5) is 0 Å². The number of aryl methyl sites for hydroxylation is 1. The van der Waals surface area contributed by atoms with E-state index >= 15 is 0 Å². The zero-order chi connectivity index (χ0) is 10.7. The number of nitrogens with zero attached hydrogens (tertiary/aromatic N) is 1. The van der Waals surface area contributed by atoms with Crippen LogP contribution in [-0.2, 0) is 4.79 Å². The molecule has 1 heterocycles. The monoisotopic (exact) mass is 257 g/mol. The molecule has 1 N–H and O–H groups in total. The van der Waals surface area contributed by atoms with Gasteiger partial charge in [-0.25, -0.2) is 0 Å². The largest absolute Gasteiger partial charge is 0.481 e. The van der Waals surface area contributed by atoms with E-state index in [2.05, 4.69) is 20.9 Å². The summed E-state index contributed by atoms with van der Waals surface area (Å²) < 4.78 is 0.948.